The van der Waals surface area contributed by atoms with Crippen molar-refractivity contribution in [3.63, 3.8) is 0 Å². The van der Waals surface area contributed by atoms with Gasteiger partial charge >= 0.3 is 0 Å². The molecule has 0 heterocycles. The molecule has 0 aliphatic carbocycles. The first-order chi connectivity index (χ1) is 8.60. The smallest absolute Gasteiger partial charge is 0.0530 e. The quantitative estimate of drug-likeness (QED) is 0.810. The number of hydrogen-bond donors (Lipinski definition) is 2. The van der Waals surface area contributed by atoms with E-state index in [2.05, 4.69) is 53.3 Å². The Labute approximate surface area is 116 Å². The summed E-state index contributed by atoms with van der Waals surface area (Å²) in [6.45, 7) is 4.31. The van der Waals surface area contributed by atoms with E-state index in [9.17, 15) is 0 Å². The Morgan fingerprint density at radius 3 is 2.61 bits per heavy atom. The lowest BCUT2D eigenvalue weighted by atomic mass is 10.1. The number of nitrogen functional groups attached to an aromatic ring is 1. The van der Waals surface area contributed by atoms with Crippen molar-refractivity contribution in [1.29, 1.82) is 0 Å². The molecule has 0 saturated carbocycles. The molecular weight excluding hydrogens is 288 g/mol. The summed E-state index contributed by atoms with van der Waals surface area (Å²) in [7, 11) is 0. The minimum Gasteiger partial charge on any atom is -0.399 e. The number of rotatable bonds is 3. The number of nitrogens with one attached hydrogen (secondary N) is 1. The third kappa shape index (κ3) is 2.85. The normalized spacial score (nSPS) is 10.4. The van der Waals surface area contributed by atoms with Crippen molar-refractivity contribution in [2.75, 3.05) is 11.1 Å². The topological polar surface area (TPSA) is 38.0 Å². The van der Waals surface area contributed by atoms with Crippen LogP contribution in [0.15, 0.2) is 40.9 Å². The first kappa shape index (κ1) is 13.0. The van der Waals surface area contributed by atoms with Crippen LogP contribution in [0.4, 0.5) is 17.1 Å². The summed E-state index contributed by atoms with van der Waals surface area (Å²) >= 11 is 3.51. The molecule has 0 fully saturated rings. The van der Waals surface area contributed by atoms with Crippen LogP contribution in [0.1, 0.15) is 18.1 Å². The molecule has 3 N–H and O–H groups in total. The molecular formula is C15H17BrN2. The van der Waals surface area contributed by atoms with Crippen LogP contribution in [-0.2, 0) is 6.42 Å². The first-order valence-electron chi connectivity index (χ1n) is 6.01. The molecule has 0 aliphatic heterocycles. The lowest BCUT2D eigenvalue weighted by molar-refractivity contribution is 1.11. The minimum atomic E-state index is 0.755. The van der Waals surface area contributed by atoms with Gasteiger partial charge in [0, 0.05) is 15.8 Å². The molecule has 0 aromatic heterocycles. The van der Waals surface area contributed by atoms with Crippen LogP contribution in [0.2, 0.25) is 0 Å². The van der Waals surface area contributed by atoms with Gasteiger partial charge < -0.3 is 11.1 Å². The molecule has 94 valence electrons. The van der Waals surface area contributed by atoms with Crippen LogP contribution in [0.5, 0.6) is 0 Å². The number of halogens is 1. The summed E-state index contributed by atoms with van der Waals surface area (Å²) in [5.41, 5.74) is 11.3. The maximum atomic E-state index is 5.73. The van der Waals surface area contributed by atoms with Crippen LogP contribution in [0, 0.1) is 6.92 Å². The molecule has 18 heavy (non-hydrogen) atoms. The molecule has 0 unspecified atom stereocenters. The molecule has 2 aromatic carbocycles. The van der Waals surface area contributed by atoms with Crippen LogP contribution in [0.3, 0.4) is 0 Å². The molecule has 0 aliphatic rings. The fourth-order valence-corrected chi connectivity index (χ4v) is 2.41. The number of anilines is 3. The predicted octanol–water partition coefficient (Wildman–Crippen LogP) is 4.65. The van der Waals surface area contributed by atoms with E-state index in [1.165, 1.54) is 11.1 Å². The van der Waals surface area contributed by atoms with Crippen LogP contribution in [-0.4, -0.2) is 0 Å². The second kappa shape index (κ2) is 5.44. The van der Waals surface area contributed by atoms with Gasteiger partial charge in [-0.15, -0.1) is 0 Å². The lowest BCUT2D eigenvalue weighted by Gasteiger charge is -2.11. The molecule has 2 rings (SSSR count). The van der Waals surface area contributed by atoms with E-state index < -0.39 is 0 Å². The zero-order valence-corrected chi connectivity index (χ0v) is 12.2. The van der Waals surface area contributed by atoms with Gasteiger partial charge in [0.15, 0.2) is 0 Å². The molecule has 0 radical (unpaired) electrons. The van der Waals surface area contributed by atoms with Gasteiger partial charge in [-0.3, -0.25) is 0 Å². The van der Waals surface area contributed by atoms with Gasteiger partial charge in [0.1, 0.15) is 0 Å². The summed E-state index contributed by atoms with van der Waals surface area (Å²) < 4.78 is 0.973. The Bertz CT molecular complexity index is 564. The van der Waals surface area contributed by atoms with E-state index in [0.717, 1.165) is 28.0 Å². The van der Waals surface area contributed by atoms with E-state index >= 15 is 0 Å². The minimum absolute atomic E-state index is 0.755. The predicted molar refractivity (Wildman–Crippen MR) is 82.4 cm³/mol. The summed E-state index contributed by atoms with van der Waals surface area (Å²) in [6, 6.07) is 12.2. The van der Waals surface area contributed by atoms with E-state index in [-0.39, 0.29) is 0 Å². The Balaban J connectivity index is 2.28. The molecule has 2 nitrogen and oxygen atoms in total. The van der Waals surface area contributed by atoms with Crippen LogP contribution in [0.25, 0.3) is 0 Å². The second-order valence-electron chi connectivity index (χ2n) is 4.36. The van der Waals surface area contributed by atoms with Crippen molar-refractivity contribution < 1.29 is 0 Å². The summed E-state index contributed by atoms with van der Waals surface area (Å²) in [5, 5.41) is 3.40. The van der Waals surface area contributed by atoms with Crippen LogP contribution >= 0.6 is 15.9 Å². The summed E-state index contributed by atoms with van der Waals surface area (Å²) in [5.74, 6) is 0. The summed E-state index contributed by atoms with van der Waals surface area (Å²) in [4.78, 5) is 0. The fraction of sp³-hybridized carbons (Fsp3) is 0.200. The molecule has 0 amide bonds. The Morgan fingerprint density at radius 2 is 1.94 bits per heavy atom. The van der Waals surface area contributed by atoms with Gasteiger partial charge in [0.05, 0.1) is 5.69 Å². The van der Waals surface area contributed by atoms with Gasteiger partial charge in [-0.25, -0.2) is 0 Å². The Kier molecular flexibility index (Phi) is 3.92. The average Bonchev–Trinajstić information content (AvgIpc) is 2.35. The molecule has 0 saturated heterocycles. The third-order valence-electron chi connectivity index (χ3n) is 3.00. The average molecular weight is 305 g/mol. The monoisotopic (exact) mass is 304 g/mol. The van der Waals surface area contributed by atoms with Crippen molar-refractivity contribution in [3.05, 3.63) is 52.0 Å². The highest BCUT2D eigenvalue weighted by molar-refractivity contribution is 9.10. The lowest BCUT2D eigenvalue weighted by Crippen LogP contribution is -1.95. The molecule has 0 bridgehead atoms. The maximum absolute atomic E-state index is 5.73. The van der Waals surface area contributed by atoms with Crippen molar-refractivity contribution in [1.82, 2.24) is 0 Å². The van der Waals surface area contributed by atoms with Crippen molar-refractivity contribution in [2.24, 2.45) is 0 Å². The SMILES string of the molecule is CCc1cc(Nc2ccc(N)cc2Br)ccc1C. The molecule has 3 heteroatoms. The van der Waals surface area contributed by atoms with Gasteiger partial charge in [0.2, 0.25) is 0 Å². The highest BCUT2D eigenvalue weighted by atomic mass is 79.9. The van der Waals surface area contributed by atoms with Crippen molar-refractivity contribution in [2.45, 2.75) is 20.3 Å². The van der Waals surface area contributed by atoms with E-state index in [0.29, 0.717) is 0 Å². The third-order valence-corrected chi connectivity index (χ3v) is 3.66. The summed E-state index contributed by atoms with van der Waals surface area (Å²) in [6.07, 6.45) is 1.05. The largest absolute Gasteiger partial charge is 0.399 e. The van der Waals surface area contributed by atoms with E-state index in [1.807, 2.05) is 18.2 Å². The molecule has 2 aromatic rings. The fourth-order valence-electron chi connectivity index (χ4n) is 1.92. The number of hydrogen-bond acceptors (Lipinski definition) is 2. The first-order valence-corrected chi connectivity index (χ1v) is 6.81. The zero-order valence-electron chi connectivity index (χ0n) is 10.6. The van der Waals surface area contributed by atoms with Crippen LogP contribution < -0.4 is 11.1 Å². The van der Waals surface area contributed by atoms with Gasteiger partial charge in [-0.05, 0) is 70.7 Å². The molecule has 0 spiro atoms. The number of benzene rings is 2. The standard InChI is InChI=1S/C15H17BrN2/c1-3-11-8-13(6-4-10(11)2)18-15-7-5-12(17)9-14(15)16/h4-9,18H,3,17H2,1-2H3. The number of aryl methyl sites for hydroxylation is 2. The number of nitrogens with two attached hydrogens (primary N) is 1. The van der Waals surface area contributed by atoms with Gasteiger partial charge in [-0.2, -0.15) is 0 Å². The zero-order chi connectivity index (χ0) is 13.1. The van der Waals surface area contributed by atoms with Gasteiger partial charge in [-0.1, -0.05) is 13.0 Å². The maximum Gasteiger partial charge on any atom is 0.0530 e. The van der Waals surface area contributed by atoms with E-state index in [4.69, 9.17) is 5.73 Å². The van der Waals surface area contributed by atoms with Crippen molar-refractivity contribution >= 4 is 33.0 Å². The Morgan fingerprint density at radius 1 is 1.17 bits per heavy atom. The second-order valence-corrected chi connectivity index (χ2v) is 5.21. The van der Waals surface area contributed by atoms with Gasteiger partial charge in [0.25, 0.3) is 0 Å². The highest BCUT2D eigenvalue weighted by Crippen LogP contribution is 2.28. The van der Waals surface area contributed by atoms with Crippen molar-refractivity contribution in [3.8, 4) is 0 Å². The Hall–Kier alpha value is -1.48. The molecule has 0 atom stereocenters. The van der Waals surface area contributed by atoms with E-state index in [1.54, 1.807) is 0 Å². The highest BCUT2D eigenvalue weighted by Gasteiger charge is 2.02.